The molecule has 1 aliphatic heterocycles. The van der Waals surface area contributed by atoms with Crippen LogP contribution in [0.25, 0.3) is 0 Å². The molecule has 2 aliphatic rings. The molecule has 1 aliphatic carbocycles. The van der Waals surface area contributed by atoms with E-state index in [1.165, 1.54) is 0 Å². The Morgan fingerprint density at radius 3 is 2.61 bits per heavy atom. The molecule has 0 spiro atoms. The number of benzene rings is 1. The van der Waals surface area contributed by atoms with Gasteiger partial charge in [0.05, 0.1) is 5.92 Å². The number of nitrogens with one attached hydrogen (secondary N) is 1. The molecule has 1 heterocycles. The van der Waals surface area contributed by atoms with Crippen molar-refractivity contribution in [3.05, 3.63) is 29.8 Å². The summed E-state index contributed by atoms with van der Waals surface area (Å²) in [5.41, 5.74) is 1.89. The molecule has 0 unspecified atom stereocenters. The van der Waals surface area contributed by atoms with E-state index >= 15 is 0 Å². The number of carbonyl (C=O) groups is 3. The molecule has 6 heteroatoms. The predicted molar refractivity (Wildman–Crippen MR) is 83.8 cm³/mol. The summed E-state index contributed by atoms with van der Waals surface area (Å²) in [6.45, 7) is 2.00. The van der Waals surface area contributed by atoms with Crippen LogP contribution >= 0.6 is 0 Å². The molecule has 3 rings (SSSR count). The first-order valence-corrected chi connectivity index (χ1v) is 7.86. The van der Waals surface area contributed by atoms with Crippen LogP contribution in [0, 0.1) is 12.8 Å². The van der Waals surface area contributed by atoms with E-state index in [2.05, 4.69) is 5.32 Å². The molecule has 2 amide bonds. The van der Waals surface area contributed by atoms with Crippen molar-refractivity contribution in [3.63, 3.8) is 0 Å². The summed E-state index contributed by atoms with van der Waals surface area (Å²) in [5.74, 6) is -1.38. The number of amides is 2. The fraction of sp³-hybridized carbons (Fsp3) is 0.471. The molecular formula is C17H20N2O4. The standard InChI is InChI=1S/C17H20N2O4/c1-11-2-6-14(7-3-11)19-9-12(8-16(19)21)17(22)23-10-15(20)18-13-4-5-13/h2-3,6-7,12-13H,4-5,8-10H2,1H3,(H,18,20)/t12-/m0/s1. The van der Waals surface area contributed by atoms with Gasteiger partial charge >= 0.3 is 5.97 Å². The van der Waals surface area contributed by atoms with Crippen molar-refractivity contribution < 1.29 is 19.1 Å². The minimum atomic E-state index is -0.516. The summed E-state index contributed by atoms with van der Waals surface area (Å²) < 4.78 is 5.04. The molecule has 1 N–H and O–H groups in total. The van der Waals surface area contributed by atoms with Gasteiger partial charge in [0.15, 0.2) is 6.61 Å². The van der Waals surface area contributed by atoms with Crippen LogP contribution in [0.4, 0.5) is 5.69 Å². The lowest BCUT2D eigenvalue weighted by Gasteiger charge is -2.16. The maximum absolute atomic E-state index is 12.1. The first-order chi connectivity index (χ1) is 11.0. The summed E-state index contributed by atoms with van der Waals surface area (Å²) in [5, 5.41) is 2.75. The van der Waals surface area contributed by atoms with E-state index in [0.717, 1.165) is 24.1 Å². The second-order valence-electron chi connectivity index (χ2n) is 6.19. The number of rotatable bonds is 5. The van der Waals surface area contributed by atoms with Crippen LogP contribution in [0.5, 0.6) is 0 Å². The minimum Gasteiger partial charge on any atom is -0.455 e. The van der Waals surface area contributed by atoms with E-state index < -0.39 is 11.9 Å². The smallest absolute Gasteiger partial charge is 0.311 e. The maximum atomic E-state index is 12.1. The third-order valence-corrected chi connectivity index (χ3v) is 4.09. The quantitative estimate of drug-likeness (QED) is 0.827. The van der Waals surface area contributed by atoms with Gasteiger partial charge in [-0.1, -0.05) is 17.7 Å². The largest absolute Gasteiger partial charge is 0.455 e. The van der Waals surface area contributed by atoms with Crippen molar-refractivity contribution in [1.29, 1.82) is 0 Å². The SMILES string of the molecule is Cc1ccc(N2C[C@@H](C(=O)OCC(=O)NC3CC3)CC2=O)cc1. The van der Waals surface area contributed by atoms with Gasteiger partial charge in [-0.15, -0.1) is 0 Å². The van der Waals surface area contributed by atoms with Crippen molar-refractivity contribution in [1.82, 2.24) is 5.32 Å². The van der Waals surface area contributed by atoms with Crippen molar-refractivity contribution in [2.24, 2.45) is 5.92 Å². The van der Waals surface area contributed by atoms with Gasteiger partial charge in [0.25, 0.3) is 5.91 Å². The van der Waals surface area contributed by atoms with Gasteiger partial charge in [-0.05, 0) is 31.9 Å². The highest BCUT2D eigenvalue weighted by molar-refractivity contribution is 5.99. The number of esters is 1. The minimum absolute atomic E-state index is 0.0989. The highest BCUT2D eigenvalue weighted by Gasteiger charge is 2.36. The van der Waals surface area contributed by atoms with E-state index in [1.807, 2.05) is 31.2 Å². The van der Waals surface area contributed by atoms with Crippen molar-refractivity contribution >= 4 is 23.5 Å². The monoisotopic (exact) mass is 316 g/mol. The number of hydrogen-bond acceptors (Lipinski definition) is 4. The first-order valence-electron chi connectivity index (χ1n) is 7.86. The van der Waals surface area contributed by atoms with Crippen LogP contribution < -0.4 is 10.2 Å². The Kier molecular flexibility index (Phi) is 4.32. The molecular weight excluding hydrogens is 296 g/mol. The van der Waals surface area contributed by atoms with Gasteiger partial charge in [-0.2, -0.15) is 0 Å². The summed E-state index contributed by atoms with van der Waals surface area (Å²) in [6, 6.07) is 7.83. The van der Waals surface area contributed by atoms with Crippen LogP contribution in [0.1, 0.15) is 24.8 Å². The van der Waals surface area contributed by atoms with Crippen LogP contribution in [0.2, 0.25) is 0 Å². The lowest BCUT2D eigenvalue weighted by Crippen LogP contribution is -2.32. The molecule has 0 aromatic heterocycles. The zero-order valence-electron chi connectivity index (χ0n) is 13.1. The average molecular weight is 316 g/mol. The van der Waals surface area contributed by atoms with E-state index in [-0.39, 0.29) is 30.9 Å². The maximum Gasteiger partial charge on any atom is 0.311 e. The molecule has 6 nitrogen and oxygen atoms in total. The second kappa shape index (κ2) is 6.40. The van der Waals surface area contributed by atoms with Crippen LogP contribution in [-0.4, -0.2) is 37.0 Å². The summed E-state index contributed by atoms with van der Waals surface area (Å²) >= 11 is 0. The third kappa shape index (κ3) is 3.88. The summed E-state index contributed by atoms with van der Waals surface area (Å²) in [6.07, 6.45) is 2.10. The second-order valence-corrected chi connectivity index (χ2v) is 6.19. The molecule has 1 aromatic carbocycles. The van der Waals surface area contributed by atoms with E-state index in [0.29, 0.717) is 6.54 Å². The number of nitrogens with zero attached hydrogens (tertiary/aromatic N) is 1. The number of carbonyl (C=O) groups excluding carboxylic acids is 3. The molecule has 2 fully saturated rings. The number of anilines is 1. The van der Waals surface area contributed by atoms with Gasteiger partial charge < -0.3 is 15.0 Å². The van der Waals surface area contributed by atoms with Crippen molar-refractivity contribution in [2.75, 3.05) is 18.1 Å². The lowest BCUT2D eigenvalue weighted by atomic mass is 10.1. The van der Waals surface area contributed by atoms with E-state index in [1.54, 1.807) is 4.90 Å². The predicted octanol–water partition coefficient (Wildman–Crippen LogP) is 1.17. The van der Waals surface area contributed by atoms with E-state index in [4.69, 9.17) is 4.74 Å². The Balaban J connectivity index is 1.52. The highest BCUT2D eigenvalue weighted by Crippen LogP contribution is 2.26. The van der Waals surface area contributed by atoms with Gasteiger partial charge in [0.2, 0.25) is 5.91 Å². The Morgan fingerprint density at radius 2 is 1.96 bits per heavy atom. The Labute approximate surface area is 134 Å². The molecule has 0 radical (unpaired) electrons. The average Bonchev–Trinajstić information content (AvgIpc) is 3.25. The fourth-order valence-corrected chi connectivity index (χ4v) is 2.59. The molecule has 0 bridgehead atoms. The van der Waals surface area contributed by atoms with Crippen LogP contribution in [-0.2, 0) is 19.1 Å². The Hall–Kier alpha value is -2.37. The number of ether oxygens (including phenoxy) is 1. The number of aryl methyl sites for hydroxylation is 1. The number of hydrogen-bond donors (Lipinski definition) is 1. The molecule has 1 atom stereocenters. The van der Waals surface area contributed by atoms with Crippen LogP contribution in [0.15, 0.2) is 24.3 Å². The van der Waals surface area contributed by atoms with Gasteiger partial charge in [-0.3, -0.25) is 14.4 Å². The molecule has 23 heavy (non-hydrogen) atoms. The zero-order chi connectivity index (χ0) is 16.4. The first kappa shape index (κ1) is 15.5. The third-order valence-electron chi connectivity index (χ3n) is 4.09. The molecule has 1 aromatic rings. The fourth-order valence-electron chi connectivity index (χ4n) is 2.59. The molecule has 1 saturated carbocycles. The normalized spacial score (nSPS) is 20.5. The summed E-state index contributed by atoms with van der Waals surface area (Å²) in [7, 11) is 0. The Morgan fingerprint density at radius 1 is 1.26 bits per heavy atom. The van der Waals surface area contributed by atoms with Crippen molar-refractivity contribution in [2.45, 2.75) is 32.2 Å². The van der Waals surface area contributed by atoms with Gasteiger partial charge in [0.1, 0.15) is 0 Å². The van der Waals surface area contributed by atoms with Gasteiger partial charge in [-0.25, -0.2) is 0 Å². The topological polar surface area (TPSA) is 75.7 Å². The van der Waals surface area contributed by atoms with Crippen molar-refractivity contribution in [3.8, 4) is 0 Å². The summed E-state index contributed by atoms with van der Waals surface area (Å²) in [4.78, 5) is 37.3. The Bertz CT molecular complexity index is 622. The van der Waals surface area contributed by atoms with Crippen LogP contribution in [0.3, 0.4) is 0 Å². The molecule has 122 valence electrons. The van der Waals surface area contributed by atoms with E-state index in [9.17, 15) is 14.4 Å². The lowest BCUT2D eigenvalue weighted by molar-refractivity contribution is -0.152. The molecule has 1 saturated heterocycles. The van der Waals surface area contributed by atoms with Gasteiger partial charge in [0, 0.05) is 24.7 Å². The highest BCUT2D eigenvalue weighted by atomic mass is 16.5. The zero-order valence-corrected chi connectivity index (χ0v) is 13.1.